The van der Waals surface area contributed by atoms with E-state index >= 15 is 0 Å². The fraction of sp³-hybridized carbons (Fsp3) is 0.500. The molecule has 0 fully saturated rings. The lowest BCUT2D eigenvalue weighted by Gasteiger charge is -2.30. The first kappa shape index (κ1) is 15.7. The van der Waals surface area contributed by atoms with Crippen molar-refractivity contribution in [2.75, 3.05) is 18.1 Å². The summed E-state index contributed by atoms with van der Waals surface area (Å²) in [5, 5.41) is 1.01. The monoisotopic (exact) mass is 316 g/mol. The molecule has 5 heteroatoms. The van der Waals surface area contributed by atoms with E-state index in [1.54, 1.807) is 4.90 Å². The molecule has 0 aliphatic carbocycles. The van der Waals surface area contributed by atoms with Gasteiger partial charge in [0.15, 0.2) is 0 Å². The molecule has 2 heterocycles. The minimum Gasteiger partial charge on any atom is -0.494 e. The number of amides is 1. The van der Waals surface area contributed by atoms with Crippen LogP contribution in [0.3, 0.4) is 0 Å². The molecule has 23 heavy (non-hydrogen) atoms. The number of ether oxygens (including phenoxy) is 2. The van der Waals surface area contributed by atoms with Gasteiger partial charge in [-0.1, -0.05) is 0 Å². The van der Waals surface area contributed by atoms with Gasteiger partial charge in [0.2, 0.25) is 0 Å². The van der Waals surface area contributed by atoms with E-state index in [0.717, 1.165) is 40.9 Å². The molecule has 3 rings (SSSR count). The Labute approximate surface area is 136 Å². The van der Waals surface area contributed by atoms with Crippen molar-refractivity contribution in [3.8, 4) is 5.75 Å². The molecule has 2 aromatic rings. The second-order valence-electron chi connectivity index (χ2n) is 6.83. The zero-order chi connectivity index (χ0) is 16.6. The molecule has 1 aliphatic rings. The molecule has 0 spiro atoms. The fourth-order valence-corrected chi connectivity index (χ4v) is 2.98. The SMILES string of the molecule is CCOc1ccc2[nH]c3c(c2c1)N(C(=O)OC(C)(C)C)CCC3. The second-order valence-corrected chi connectivity index (χ2v) is 6.83. The van der Waals surface area contributed by atoms with Crippen LogP contribution in [0.5, 0.6) is 5.75 Å². The first-order valence-corrected chi connectivity index (χ1v) is 8.17. The molecule has 1 aromatic carbocycles. The normalized spacial score (nSPS) is 14.7. The highest BCUT2D eigenvalue weighted by Gasteiger charge is 2.30. The van der Waals surface area contributed by atoms with Crippen LogP contribution in [0.25, 0.3) is 10.9 Å². The number of nitrogens with one attached hydrogen (secondary N) is 1. The maximum absolute atomic E-state index is 12.6. The summed E-state index contributed by atoms with van der Waals surface area (Å²) in [6.45, 7) is 8.92. The van der Waals surface area contributed by atoms with Crippen molar-refractivity contribution in [1.82, 2.24) is 4.98 Å². The van der Waals surface area contributed by atoms with Crippen molar-refractivity contribution < 1.29 is 14.3 Å². The van der Waals surface area contributed by atoms with E-state index in [4.69, 9.17) is 9.47 Å². The van der Waals surface area contributed by atoms with Gasteiger partial charge in [-0.15, -0.1) is 0 Å². The van der Waals surface area contributed by atoms with Crippen molar-refractivity contribution in [2.24, 2.45) is 0 Å². The third-order valence-corrected chi connectivity index (χ3v) is 3.82. The van der Waals surface area contributed by atoms with Crippen molar-refractivity contribution in [3.63, 3.8) is 0 Å². The predicted molar refractivity (Wildman–Crippen MR) is 91.4 cm³/mol. The van der Waals surface area contributed by atoms with Crippen molar-refractivity contribution in [3.05, 3.63) is 23.9 Å². The van der Waals surface area contributed by atoms with E-state index in [1.165, 1.54) is 0 Å². The Bertz CT molecular complexity index is 728. The maximum atomic E-state index is 12.6. The summed E-state index contributed by atoms with van der Waals surface area (Å²) in [5.41, 5.74) is 2.54. The van der Waals surface area contributed by atoms with Crippen LogP contribution in [-0.2, 0) is 11.2 Å². The number of benzene rings is 1. The van der Waals surface area contributed by atoms with Gasteiger partial charge in [-0.25, -0.2) is 4.79 Å². The highest BCUT2D eigenvalue weighted by molar-refractivity contribution is 6.03. The summed E-state index contributed by atoms with van der Waals surface area (Å²) in [7, 11) is 0. The molecular weight excluding hydrogens is 292 g/mol. The van der Waals surface area contributed by atoms with Gasteiger partial charge in [-0.3, -0.25) is 4.90 Å². The zero-order valence-electron chi connectivity index (χ0n) is 14.2. The number of anilines is 1. The summed E-state index contributed by atoms with van der Waals surface area (Å²) in [5.74, 6) is 0.816. The molecule has 1 amide bonds. The first-order chi connectivity index (χ1) is 10.9. The number of carbonyl (C=O) groups is 1. The lowest BCUT2D eigenvalue weighted by atomic mass is 10.1. The van der Waals surface area contributed by atoms with E-state index in [-0.39, 0.29) is 6.09 Å². The largest absolute Gasteiger partial charge is 0.494 e. The number of hydrogen-bond acceptors (Lipinski definition) is 3. The third kappa shape index (κ3) is 3.14. The van der Waals surface area contributed by atoms with Gasteiger partial charge >= 0.3 is 6.09 Å². The molecule has 5 nitrogen and oxygen atoms in total. The quantitative estimate of drug-likeness (QED) is 0.901. The molecule has 0 radical (unpaired) electrons. The molecule has 1 aliphatic heterocycles. The van der Waals surface area contributed by atoms with E-state index in [1.807, 2.05) is 45.9 Å². The van der Waals surface area contributed by atoms with Gasteiger partial charge in [0, 0.05) is 23.1 Å². The number of rotatable bonds is 2. The molecular formula is C18H24N2O3. The Morgan fingerprint density at radius 1 is 1.35 bits per heavy atom. The second kappa shape index (κ2) is 5.80. The molecule has 0 saturated heterocycles. The lowest BCUT2D eigenvalue weighted by molar-refractivity contribution is 0.0578. The van der Waals surface area contributed by atoms with Gasteiger partial charge in [-0.2, -0.15) is 0 Å². The van der Waals surface area contributed by atoms with Gasteiger partial charge < -0.3 is 14.5 Å². The molecule has 0 saturated carbocycles. The minimum atomic E-state index is -0.503. The summed E-state index contributed by atoms with van der Waals surface area (Å²) in [6.07, 6.45) is 1.58. The van der Waals surface area contributed by atoms with Crippen LogP contribution in [0, 0.1) is 0 Å². The van der Waals surface area contributed by atoms with E-state index < -0.39 is 5.60 Å². The Hall–Kier alpha value is -2.17. The van der Waals surface area contributed by atoms with E-state index in [9.17, 15) is 4.79 Å². The Kier molecular flexibility index (Phi) is 3.96. The summed E-state index contributed by atoms with van der Waals surface area (Å²) in [6, 6.07) is 5.95. The fourth-order valence-electron chi connectivity index (χ4n) is 2.98. The van der Waals surface area contributed by atoms with Gasteiger partial charge in [-0.05, 0) is 58.7 Å². The van der Waals surface area contributed by atoms with E-state index in [0.29, 0.717) is 13.2 Å². The Morgan fingerprint density at radius 3 is 2.83 bits per heavy atom. The van der Waals surface area contributed by atoms with Crippen LogP contribution in [0.2, 0.25) is 0 Å². The third-order valence-electron chi connectivity index (χ3n) is 3.82. The van der Waals surface area contributed by atoms with Gasteiger partial charge in [0.05, 0.1) is 12.3 Å². The lowest BCUT2D eigenvalue weighted by Crippen LogP contribution is -2.39. The van der Waals surface area contributed by atoms with E-state index in [2.05, 4.69) is 4.98 Å². The van der Waals surface area contributed by atoms with Crippen LogP contribution in [0.4, 0.5) is 10.5 Å². The number of aromatic amines is 1. The van der Waals surface area contributed by atoms with Gasteiger partial charge in [0.1, 0.15) is 11.4 Å². The average Bonchev–Trinajstić information content (AvgIpc) is 2.83. The summed E-state index contributed by atoms with van der Waals surface area (Å²) >= 11 is 0. The number of carbonyl (C=O) groups excluding carboxylic acids is 1. The highest BCUT2D eigenvalue weighted by Crippen LogP contribution is 2.37. The van der Waals surface area contributed by atoms with Crippen LogP contribution in [0.15, 0.2) is 18.2 Å². The number of aromatic nitrogens is 1. The summed E-state index contributed by atoms with van der Waals surface area (Å²) in [4.78, 5) is 17.8. The smallest absolute Gasteiger partial charge is 0.414 e. The molecule has 0 bridgehead atoms. The number of nitrogens with zero attached hydrogens (tertiary/aromatic N) is 1. The number of hydrogen-bond donors (Lipinski definition) is 1. The molecule has 0 unspecified atom stereocenters. The van der Waals surface area contributed by atoms with Crippen molar-refractivity contribution in [2.45, 2.75) is 46.1 Å². The molecule has 124 valence electrons. The standard InChI is InChI=1S/C18H24N2O3/c1-5-22-12-8-9-14-13(11-12)16-15(19-14)7-6-10-20(16)17(21)23-18(2,3)4/h8-9,11,19H,5-7,10H2,1-4H3. The number of fused-ring (bicyclic) bond motifs is 3. The molecule has 0 atom stereocenters. The number of H-pyrrole nitrogens is 1. The maximum Gasteiger partial charge on any atom is 0.414 e. The van der Waals surface area contributed by atoms with Crippen molar-refractivity contribution >= 4 is 22.7 Å². The predicted octanol–water partition coefficient (Wildman–Crippen LogP) is 4.25. The minimum absolute atomic E-state index is 0.291. The topological polar surface area (TPSA) is 54.6 Å². The molecule has 1 aromatic heterocycles. The van der Waals surface area contributed by atoms with Crippen molar-refractivity contribution in [1.29, 1.82) is 0 Å². The number of aryl methyl sites for hydroxylation is 1. The van der Waals surface area contributed by atoms with Crippen LogP contribution < -0.4 is 9.64 Å². The van der Waals surface area contributed by atoms with Crippen LogP contribution in [-0.4, -0.2) is 29.8 Å². The Morgan fingerprint density at radius 2 is 2.13 bits per heavy atom. The average molecular weight is 316 g/mol. The molecule has 1 N–H and O–H groups in total. The van der Waals surface area contributed by atoms with Gasteiger partial charge in [0.25, 0.3) is 0 Å². The first-order valence-electron chi connectivity index (χ1n) is 8.17. The highest BCUT2D eigenvalue weighted by atomic mass is 16.6. The van der Waals surface area contributed by atoms with Crippen LogP contribution >= 0.6 is 0 Å². The Balaban J connectivity index is 2.03. The van der Waals surface area contributed by atoms with Crippen LogP contribution in [0.1, 0.15) is 39.8 Å². The summed E-state index contributed by atoms with van der Waals surface area (Å²) < 4.78 is 11.2. The zero-order valence-corrected chi connectivity index (χ0v) is 14.2.